The molecule has 0 saturated carbocycles. The molecule has 1 N–H and O–H groups in total. The number of nitrogens with zero attached hydrogens (tertiary/aromatic N) is 1. The molecule has 118 valence electrons. The normalized spacial score (nSPS) is 24.0. The van der Waals surface area contributed by atoms with E-state index in [0.717, 1.165) is 12.8 Å². The lowest BCUT2D eigenvalue weighted by atomic mass is 9.95. The van der Waals surface area contributed by atoms with Crippen molar-refractivity contribution in [1.29, 1.82) is 0 Å². The Morgan fingerprint density at radius 2 is 2.10 bits per heavy atom. The summed E-state index contributed by atoms with van der Waals surface area (Å²) in [6, 6.07) is 4.63. The van der Waals surface area contributed by atoms with Gasteiger partial charge in [-0.15, -0.1) is 0 Å². The number of sulfonamides is 1. The Kier molecular flexibility index (Phi) is 4.91. The lowest BCUT2D eigenvalue weighted by molar-refractivity contribution is 0.220. The molecule has 0 spiro atoms. The molecular formula is C15H23NO4S. The van der Waals surface area contributed by atoms with Crippen molar-refractivity contribution in [2.45, 2.75) is 44.2 Å². The second kappa shape index (κ2) is 6.34. The van der Waals surface area contributed by atoms with Gasteiger partial charge in [-0.2, -0.15) is 4.31 Å². The topological polar surface area (TPSA) is 66.8 Å². The zero-order chi connectivity index (χ0) is 15.6. The van der Waals surface area contributed by atoms with E-state index in [1.165, 1.54) is 19.2 Å². The Hall–Kier alpha value is -1.11. The van der Waals surface area contributed by atoms with E-state index < -0.39 is 10.0 Å². The van der Waals surface area contributed by atoms with Gasteiger partial charge in [0.25, 0.3) is 0 Å². The molecule has 0 aromatic heterocycles. The molecule has 0 radical (unpaired) electrons. The third kappa shape index (κ3) is 3.22. The van der Waals surface area contributed by atoms with E-state index in [1.54, 1.807) is 10.4 Å². The van der Waals surface area contributed by atoms with Crippen molar-refractivity contribution >= 4 is 10.0 Å². The van der Waals surface area contributed by atoms with Gasteiger partial charge in [0.2, 0.25) is 10.0 Å². The Morgan fingerprint density at radius 3 is 2.67 bits per heavy atom. The number of aliphatic hydroxyl groups is 1. The molecule has 2 unspecified atom stereocenters. The maximum Gasteiger partial charge on any atom is 0.243 e. The molecule has 1 fully saturated rings. The van der Waals surface area contributed by atoms with E-state index >= 15 is 0 Å². The van der Waals surface area contributed by atoms with Crippen molar-refractivity contribution in [1.82, 2.24) is 4.31 Å². The van der Waals surface area contributed by atoms with Crippen LogP contribution in [0, 0.1) is 5.92 Å². The van der Waals surface area contributed by atoms with E-state index in [1.807, 2.05) is 6.92 Å². The van der Waals surface area contributed by atoms with Crippen LogP contribution in [0.4, 0.5) is 0 Å². The summed E-state index contributed by atoms with van der Waals surface area (Å²) in [5.74, 6) is 1.05. The van der Waals surface area contributed by atoms with E-state index in [9.17, 15) is 13.5 Å². The standard InChI is InChI=1S/C15H23NO4S/c1-11-6-7-16(12(2)8-11)21(18,19)14-4-5-15(20-3)13(9-14)10-17/h4-5,9,11-12,17H,6-8,10H2,1-3H3. The molecule has 0 aliphatic carbocycles. The molecular weight excluding hydrogens is 290 g/mol. The molecule has 1 aliphatic rings. The highest BCUT2D eigenvalue weighted by Gasteiger charge is 2.33. The fraction of sp³-hybridized carbons (Fsp3) is 0.600. The molecule has 1 aromatic rings. The van der Waals surface area contributed by atoms with Crippen molar-refractivity contribution in [3.63, 3.8) is 0 Å². The summed E-state index contributed by atoms with van der Waals surface area (Å²) in [5.41, 5.74) is 0.483. The molecule has 5 nitrogen and oxygen atoms in total. The van der Waals surface area contributed by atoms with Gasteiger partial charge in [0.15, 0.2) is 0 Å². The number of benzene rings is 1. The van der Waals surface area contributed by atoms with Gasteiger partial charge in [0.1, 0.15) is 5.75 Å². The van der Waals surface area contributed by atoms with Crippen LogP contribution < -0.4 is 4.74 Å². The molecule has 2 rings (SSSR count). The smallest absolute Gasteiger partial charge is 0.243 e. The number of methoxy groups -OCH3 is 1. The summed E-state index contributed by atoms with van der Waals surface area (Å²) in [7, 11) is -2.03. The number of rotatable bonds is 4. The van der Waals surface area contributed by atoms with Crippen LogP contribution in [-0.4, -0.2) is 37.5 Å². The summed E-state index contributed by atoms with van der Waals surface area (Å²) >= 11 is 0. The van der Waals surface area contributed by atoms with E-state index in [4.69, 9.17) is 4.74 Å². The van der Waals surface area contributed by atoms with Gasteiger partial charge in [-0.25, -0.2) is 8.42 Å². The van der Waals surface area contributed by atoms with Crippen LogP contribution in [-0.2, 0) is 16.6 Å². The van der Waals surface area contributed by atoms with Gasteiger partial charge in [-0.05, 0) is 43.9 Å². The lowest BCUT2D eigenvalue weighted by Gasteiger charge is -2.35. The Labute approximate surface area is 126 Å². The fourth-order valence-corrected chi connectivity index (χ4v) is 4.62. The zero-order valence-electron chi connectivity index (χ0n) is 12.7. The molecule has 0 amide bonds. The van der Waals surface area contributed by atoms with E-state index in [-0.39, 0.29) is 17.5 Å². The first-order chi connectivity index (χ1) is 9.90. The fourth-order valence-electron chi connectivity index (χ4n) is 2.92. The lowest BCUT2D eigenvalue weighted by Crippen LogP contribution is -2.44. The van der Waals surface area contributed by atoms with Crippen molar-refractivity contribution in [2.75, 3.05) is 13.7 Å². The van der Waals surface area contributed by atoms with Crippen LogP contribution >= 0.6 is 0 Å². The summed E-state index contributed by atoms with van der Waals surface area (Å²) in [5, 5.41) is 9.35. The Bertz CT molecular complexity index is 600. The molecule has 1 aromatic carbocycles. The number of hydrogen-bond acceptors (Lipinski definition) is 4. The predicted octanol–water partition coefficient (Wildman–Crippen LogP) is 2.00. The number of hydrogen-bond donors (Lipinski definition) is 1. The second-order valence-corrected chi connectivity index (χ2v) is 7.62. The Morgan fingerprint density at radius 1 is 1.38 bits per heavy atom. The first-order valence-corrected chi connectivity index (χ1v) is 8.63. The quantitative estimate of drug-likeness (QED) is 0.923. The number of piperidine rings is 1. The number of aliphatic hydroxyl groups excluding tert-OH is 1. The summed E-state index contributed by atoms with van der Waals surface area (Å²) in [6.45, 7) is 4.39. The first-order valence-electron chi connectivity index (χ1n) is 7.19. The highest BCUT2D eigenvalue weighted by Crippen LogP contribution is 2.30. The van der Waals surface area contributed by atoms with E-state index in [0.29, 0.717) is 23.8 Å². The van der Waals surface area contributed by atoms with Gasteiger partial charge in [0.05, 0.1) is 18.6 Å². The van der Waals surface area contributed by atoms with Crippen LogP contribution in [0.2, 0.25) is 0 Å². The largest absolute Gasteiger partial charge is 0.496 e. The average Bonchev–Trinajstić information content (AvgIpc) is 2.46. The molecule has 21 heavy (non-hydrogen) atoms. The second-order valence-electron chi connectivity index (χ2n) is 5.73. The van der Waals surface area contributed by atoms with Crippen molar-refractivity contribution in [3.8, 4) is 5.75 Å². The molecule has 6 heteroatoms. The summed E-state index contributed by atoms with van der Waals surface area (Å²) in [6.07, 6.45) is 1.76. The van der Waals surface area contributed by atoms with Gasteiger partial charge in [-0.3, -0.25) is 0 Å². The molecule has 2 atom stereocenters. The van der Waals surface area contributed by atoms with Crippen molar-refractivity contribution in [2.24, 2.45) is 5.92 Å². The van der Waals surface area contributed by atoms with E-state index in [2.05, 4.69) is 6.92 Å². The maximum absolute atomic E-state index is 12.8. The van der Waals surface area contributed by atoms with Crippen molar-refractivity contribution in [3.05, 3.63) is 23.8 Å². The minimum absolute atomic E-state index is 0.00146. The third-order valence-corrected chi connectivity index (χ3v) is 6.12. The highest BCUT2D eigenvalue weighted by molar-refractivity contribution is 7.89. The molecule has 1 saturated heterocycles. The number of ether oxygens (including phenoxy) is 1. The minimum atomic E-state index is -3.53. The first kappa shape index (κ1) is 16.3. The van der Waals surface area contributed by atoms with Crippen LogP contribution in [0.25, 0.3) is 0 Å². The van der Waals surface area contributed by atoms with Gasteiger partial charge in [0, 0.05) is 18.2 Å². The maximum atomic E-state index is 12.8. The minimum Gasteiger partial charge on any atom is -0.496 e. The monoisotopic (exact) mass is 313 g/mol. The summed E-state index contributed by atoms with van der Waals surface area (Å²) < 4.78 is 32.2. The summed E-state index contributed by atoms with van der Waals surface area (Å²) in [4.78, 5) is 0.216. The van der Waals surface area contributed by atoms with Crippen LogP contribution in [0.1, 0.15) is 32.3 Å². The average molecular weight is 313 g/mol. The van der Waals surface area contributed by atoms with Crippen LogP contribution in [0.5, 0.6) is 5.75 Å². The zero-order valence-corrected chi connectivity index (χ0v) is 13.6. The Balaban J connectivity index is 2.35. The predicted molar refractivity (Wildman–Crippen MR) is 80.7 cm³/mol. The molecule has 1 aliphatic heterocycles. The van der Waals surface area contributed by atoms with Crippen LogP contribution in [0.3, 0.4) is 0 Å². The van der Waals surface area contributed by atoms with Gasteiger partial charge < -0.3 is 9.84 Å². The van der Waals surface area contributed by atoms with Gasteiger partial charge >= 0.3 is 0 Å². The molecule has 0 bridgehead atoms. The van der Waals surface area contributed by atoms with Gasteiger partial charge in [-0.1, -0.05) is 6.92 Å². The third-order valence-electron chi connectivity index (χ3n) is 4.11. The molecule has 1 heterocycles. The van der Waals surface area contributed by atoms with Crippen LogP contribution in [0.15, 0.2) is 23.1 Å². The highest BCUT2D eigenvalue weighted by atomic mass is 32.2. The van der Waals surface area contributed by atoms with Crippen molar-refractivity contribution < 1.29 is 18.3 Å². The SMILES string of the molecule is COc1ccc(S(=O)(=O)N2CCC(C)CC2C)cc1CO.